The fraction of sp³-hybridized carbons (Fsp3) is 0.357. The maximum Gasteiger partial charge on any atom is 0.230 e. The van der Waals surface area contributed by atoms with Crippen LogP contribution in [0, 0.1) is 41.5 Å². The SMILES string of the molecule is C.C.C.C.C.C.C.C.C.C.Cc1ccc(OCCOc2ccc(C)cc2)cc1.Cc1ccc(OCOc2ccc(C)cc2)cc1.Cc1ccc(OCOc2ccc(C)cc2)cc1. The van der Waals surface area contributed by atoms with Gasteiger partial charge in [-0.1, -0.05) is 180 Å². The van der Waals surface area contributed by atoms with Crippen LogP contribution in [0.15, 0.2) is 146 Å². The molecule has 0 radical (unpaired) electrons. The molecule has 0 aliphatic heterocycles. The van der Waals surface area contributed by atoms with E-state index in [0.717, 1.165) is 34.5 Å². The summed E-state index contributed by atoms with van der Waals surface area (Å²) in [5.74, 6) is 5.05. The minimum atomic E-state index is 0. The Bertz CT molecular complexity index is 1600. The summed E-state index contributed by atoms with van der Waals surface area (Å²) in [5.41, 5.74) is 7.35. The molecule has 62 heavy (non-hydrogen) atoms. The highest BCUT2D eigenvalue weighted by molar-refractivity contribution is 5.30. The van der Waals surface area contributed by atoms with Crippen LogP contribution in [0.25, 0.3) is 0 Å². The van der Waals surface area contributed by atoms with Gasteiger partial charge >= 0.3 is 0 Å². The van der Waals surface area contributed by atoms with Gasteiger partial charge in [0, 0.05) is 0 Å². The van der Waals surface area contributed by atoms with Crippen molar-refractivity contribution in [2.24, 2.45) is 0 Å². The van der Waals surface area contributed by atoms with Crippen LogP contribution in [0.2, 0.25) is 0 Å². The first-order valence-corrected chi connectivity index (χ1v) is 17.4. The molecular weight excluding hydrogens is 769 g/mol. The standard InChI is InChI=1S/C16H18O2.2C15H16O2.10CH4/c1-13-3-7-15(8-4-13)17-11-12-18-16-9-5-14(2)6-10-16;2*1-12-3-7-14(8-4-12)16-11-17-15-9-5-13(2)6-10-15;;;;;;;;;;/h3-10H,11-12H2,1-2H3;2*3-10H,11H2,1-2H3;10*1H4. The van der Waals surface area contributed by atoms with Crippen molar-refractivity contribution in [3.63, 3.8) is 0 Å². The van der Waals surface area contributed by atoms with E-state index >= 15 is 0 Å². The molecule has 0 spiro atoms. The number of hydrogen-bond donors (Lipinski definition) is 0. The second kappa shape index (κ2) is 39.3. The molecule has 0 fully saturated rings. The first kappa shape index (κ1) is 70.7. The maximum atomic E-state index is 5.58. The molecule has 0 aliphatic carbocycles. The van der Waals surface area contributed by atoms with E-state index in [-0.39, 0.29) is 87.9 Å². The largest absolute Gasteiger partial charge is 0.490 e. The van der Waals surface area contributed by atoms with Gasteiger partial charge in [-0.25, -0.2) is 0 Å². The van der Waals surface area contributed by atoms with Gasteiger partial charge in [0.25, 0.3) is 0 Å². The lowest BCUT2D eigenvalue weighted by Gasteiger charge is -2.08. The Morgan fingerprint density at radius 2 is 0.339 bits per heavy atom. The molecule has 0 N–H and O–H groups in total. The smallest absolute Gasteiger partial charge is 0.230 e. The average molecular weight is 859 g/mol. The molecule has 0 saturated heterocycles. The van der Waals surface area contributed by atoms with E-state index in [9.17, 15) is 0 Å². The van der Waals surface area contributed by atoms with E-state index in [1.165, 1.54) is 33.4 Å². The fourth-order valence-electron chi connectivity index (χ4n) is 4.46. The zero-order valence-corrected chi connectivity index (χ0v) is 31.1. The van der Waals surface area contributed by atoms with Crippen LogP contribution in [-0.4, -0.2) is 26.8 Å². The van der Waals surface area contributed by atoms with Gasteiger partial charge in [0.15, 0.2) is 0 Å². The second-order valence-electron chi connectivity index (χ2n) is 12.4. The van der Waals surface area contributed by atoms with Gasteiger partial charge in [-0.05, 0) is 114 Å². The lowest BCUT2D eigenvalue weighted by molar-refractivity contribution is 0.119. The quantitative estimate of drug-likeness (QED) is 0.0852. The van der Waals surface area contributed by atoms with Crippen LogP contribution < -0.4 is 28.4 Å². The Morgan fingerprint density at radius 3 is 0.484 bits per heavy atom. The van der Waals surface area contributed by atoms with Gasteiger partial charge in [-0.3, -0.25) is 0 Å². The fourth-order valence-corrected chi connectivity index (χ4v) is 4.46. The molecule has 0 aromatic heterocycles. The summed E-state index contributed by atoms with van der Waals surface area (Å²) in [5, 5.41) is 0. The summed E-state index contributed by atoms with van der Waals surface area (Å²) >= 11 is 0. The van der Waals surface area contributed by atoms with Crippen LogP contribution >= 0.6 is 0 Å². The Balaban J connectivity index is -0.000000135. The normalized spacial score (nSPS) is 8.42. The number of hydrogen-bond acceptors (Lipinski definition) is 6. The molecule has 6 aromatic carbocycles. The summed E-state index contributed by atoms with van der Waals surface area (Å²) in [4.78, 5) is 0. The van der Waals surface area contributed by atoms with E-state index < -0.39 is 0 Å². The molecule has 0 bridgehead atoms. The van der Waals surface area contributed by atoms with Crippen molar-refractivity contribution in [2.75, 3.05) is 26.8 Å². The van der Waals surface area contributed by atoms with Crippen molar-refractivity contribution in [1.82, 2.24) is 0 Å². The Hall–Kier alpha value is -5.88. The summed E-state index contributed by atoms with van der Waals surface area (Å²) in [6.07, 6.45) is 0. The minimum Gasteiger partial charge on any atom is -0.490 e. The molecule has 6 heteroatoms. The average Bonchev–Trinajstić information content (AvgIpc) is 3.15. The molecule has 350 valence electrons. The van der Waals surface area contributed by atoms with Crippen LogP contribution in [0.3, 0.4) is 0 Å². The van der Waals surface area contributed by atoms with Crippen molar-refractivity contribution in [3.05, 3.63) is 179 Å². The summed E-state index contributed by atoms with van der Waals surface area (Å²) in [6, 6.07) is 47.7. The molecule has 0 atom stereocenters. The lowest BCUT2D eigenvalue weighted by atomic mass is 10.2. The molecule has 6 nitrogen and oxygen atoms in total. The van der Waals surface area contributed by atoms with Gasteiger partial charge in [-0.15, -0.1) is 0 Å². The van der Waals surface area contributed by atoms with Gasteiger partial charge in [0.1, 0.15) is 47.7 Å². The van der Waals surface area contributed by atoms with Gasteiger partial charge < -0.3 is 28.4 Å². The molecular formula is C56H90O6. The number of ether oxygens (including phenoxy) is 6. The highest BCUT2D eigenvalue weighted by Gasteiger charge is 1.98. The van der Waals surface area contributed by atoms with E-state index in [1.54, 1.807) is 0 Å². The third-order valence-corrected chi connectivity index (χ3v) is 7.65. The van der Waals surface area contributed by atoms with Gasteiger partial charge in [0.05, 0.1) is 0 Å². The van der Waals surface area contributed by atoms with E-state index in [0.29, 0.717) is 13.2 Å². The maximum absolute atomic E-state index is 5.58. The predicted octanol–water partition coefficient (Wildman–Crippen LogP) is 17.6. The summed E-state index contributed by atoms with van der Waals surface area (Å²) < 4.78 is 33.1. The van der Waals surface area contributed by atoms with Crippen molar-refractivity contribution in [2.45, 2.75) is 116 Å². The van der Waals surface area contributed by atoms with Crippen LogP contribution in [0.1, 0.15) is 108 Å². The van der Waals surface area contributed by atoms with Crippen LogP contribution in [-0.2, 0) is 0 Å². The zero-order chi connectivity index (χ0) is 37.0. The predicted molar refractivity (Wildman–Crippen MR) is 278 cm³/mol. The van der Waals surface area contributed by atoms with Crippen molar-refractivity contribution in [1.29, 1.82) is 0 Å². The molecule has 0 saturated carbocycles. The highest BCUT2D eigenvalue weighted by atomic mass is 16.7. The molecule has 6 rings (SSSR count). The van der Waals surface area contributed by atoms with Crippen LogP contribution in [0.5, 0.6) is 34.5 Å². The zero-order valence-electron chi connectivity index (χ0n) is 31.1. The molecule has 0 aliphatic rings. The topological polar surface area (TPSA) is 55.4 Å². The highest BCUT2D eigenvalue weighted by Crippen LogP contribution is 2.17. The third-order valence-electron chi connectivity index (χ3n) is 7.65. The molecule has 0 amide bonds. The van der Waals surface area contributed by atoms with Gasteiger partial charge in [-0.2, -0.15) is 0 Å². The first-order valence-electron chi connectivity index (χ1n) is 17.4. The Morgan fingerprint density at radius 1 is 0.210 bits per heavy atom. The molecule has 6 aromatic rings. The van der Waals surface area contributed by atoms with Crippen molar-refractivity contribution < 1.29 is 28.4 Å². The van der Waals surface area contributed by atoms with Crippen molar-refractivity contribution >= 4 is 0 Å². The molecule has 0 unspecified atom stereocenters. The number of benzene rings is 6. The number of aryl methyl sites for hydroxylation is 6. The lowest BCUT2D eigenvalue weighted by Crippen LogP contribution is -2.08. The Labute approximate surface area is 383 Å². The third kappa shape index (κ3) is 28.6. The van der Waals surface area contributed by atoms with Crippen molar-refractivity contribution in [3.8, 4) is 34.5 Å². The second-order valence-corrected chi connectivity index (χ2v) is 12.4. The van der Waals surface area contributed by atoms with E-state index in [1.807, 2.05) is 173 Å². The number of rotatable bonds is 13. The van der Waals surface area contributed by atoms with Crippen LogP contribution in [0.4, 0.5) is 0 Å². The van der Waals surface area contributed by atoms with E-state index in [2.05, 4.69) is 13.8 Å². The first-order chi connectivity index (χ1) is 25.2. The van der Waals surface area contributed by atoms with E-state index in [4.69, 9.17) is 28.4 Å². The van der Waals surface area contributed by atoms with Gasteiger partial charge in [0.2, 0.25) is 13.6 Å². The monoisotopic (exact) mass is 859 g/mol. The Kier molecular flexibility index (Phi) is 44.8. The summed E-state index contributed by atoms with van der Waals surface area (Å²) in [7, 11) is 0. The minimum absolute atomic E-state index is 0. The molecule has 0 heterocycles. The summed E-state index contributed by atoms with van der Waals surface area (Å²) in [6.45, 7) is 13.9.